The molecule has 0 aliphatic carbocycles. The number of carbonyl (C=O) groups is 1. The lowest BCUT2D eigenvalue weighted by atomic mass is 10.1. The Bertz CT molecular complexity index is 587. The minimum Gasteiger partial charge on any atom is -0.399 e. The van der Waals surface area contributed by atoms with Crippen LogP contribution in [0.3, 0.4) is 0 Å². The van der Waals surface area contributed by atoms with E-state index in [9.17, 15) is 17.6 Å². The highest BCUT2D eigenvalue weighted by atomic mass is 32.2. The van der Waals surface area contributed by atoms with E-state index in [0.717, 1.165) is 6.26 Å². The van der Waals surface area contributed by atoms with Crippen molar-refractivity contribution in [2.75, 3.05) is 25.1 Å². The maximum Gasteiger partial charge on any atom is 0.254 e. The lowest BCUT2D eigenvalue weighted by Crippen LogP contribution is -2.34. The summed E-state index contributed by atoms with van der Waals surface area (Å²) < 4.78 is 37.5. The zero-order valence-corrected chi connectivity index (χ0v) is 11.5. The third-order valence-corrected chi connectivity index (χ3v) is 3.02. The van der Waals surface area contributed by atoms with E-state index in [2.05, 4.69) is 10.0 Å². The predicted octanol–water partition coefficient (Wildman–Crippen LogP) is -0.00468. The van der Waals surface area contributed by atoms with Gasteiger partial charge in [0.1, 0.15) is 5.82 Å². The second-order valence-electron chi connectivity index (χ2n) is 4.12. The van der Waals surface area contributed by atoms with Gasteiger partial charge in [-0.1, -0.05) is 0 Å². The van der Waals surface area contributed by atoms with Gasteiger partial charge in [0.15, 0.2) is 0 Å². The number of amides is 1. The highest BCUT2D eigenvalue weighted by Crippen LogP contribution is 2.16. The number of rotatable bonds is 5. The molecular weight excluding hydrogens is 273 g/mol. The summed E-state index contributed by atoms with van der Waals surface area (Å²) in [6, 6.07) is 2.67. The van der Waals surface area contributed by atoms with Crippen molar-refractivity contribution in [3.63, 3.8) is 0 Å². The van der Waals surface area contributed by atoms with Gasteiger partial charge in [-0.2, -0.15) is 0 Å². The summed E-state index contributed by atoms with van der Waals surface area (Å²) in [6.45, 7) is 1.60. The van der Waals surface area contributed by atoms with E-state index >= 15 is 0 Å². The monoisotopic (exact) mass is 289 g/mol. The van der Waals surface area contributed by atoms with Crippen molar-refractivity contribution >= 4 is 21.6 Å². The second kappa shape index (κ2) is 5.98. The Morgan fingerprint density at radius 2 is 2.00 bits per heavy atom. The zero-order chi connectivity index (χ0) is 14.6. The molecule has 1 amide bonds. The van der Waals surface area contributed by atoms with Crippen LogP contribution in [0.15, 0.2) is 12.1 Å². The average molecular weight is 289 g/mol. The van der Waals surface area contributed by atoms with Crippen LogP contribution >= 0.6 is 0 Å². The van der Waals surface area contributed by atoms with Gasteiger partial charge >= 0.3 is 0 Å². The first kappa shape index (κ1) is 15.4. The van der Waals surface area contributed by atoms with Gasteiger partial charge in [-0.15, -0.1) is 0 Å². The quantitative estimate of drug-likeness (QED) is 0.524. The number of nitrogen functional groups attached to an aromatic ring is 1. The molecule has 0 aliphatic heterocycles. The number of sulfonamides is 1. The van der Waals surface area contributed by atoms with Crippen molar-refractivity contribution in [1.82, 2.24) is 10.0 Å². The predicted molar refractivity (Wildman–Crippen MR) is 70.7 cm³/mol. The first-order valence-corrected chi connectivity index (χ1v) is 7.38. The number of hydrogen-bond donors (Lipinski definition) is 3. The fraction of sp³-hybridized carbons (Fsp3) is 0.364. The molecular formula is C11H16FN3O3S. The molecule has 0 fully saturated rings. The standard InChI is InChI=1S/C11H16FN3O3S/c1-7-5-8(13)6-9(10(7)12)11(16)14-3-4-15-19(2,17)18/h5-6,15H,3-4,13H2,1-2H3,(H,14,16). The Hall–Kier alpha value is -1.67. The molecule has 0 atom stereocenters. The highest BCUT2D eigenvalue weighted by Gasteiger charge is 2.14. The second-order valence-corrected chi connectivity index (χ2v) is 5.95. The van der Waals surface area contributed by atoms with Crippen LogP contribution in [0.4, 0.5) is 10.1 Å². The molecule has 1 aromatic rings. The van der Waals surface area contributed by atoms with Crippen molar-refractivity contribution in [3.05, 3.63) is 29.1 Å². The van der Waals surface area contributed by atoms with Gasteiger partial charge in [0.25, 0.3) is 5.91 Å². The van der Waals surface area contributed by atoms with E-state index in [1.807, 2.05) is 0 Å². The van der Waals surface area contributed by atoms with Gasteiger partial charge in [0.2, 0.25) is 10.0 Å². The molecule has 0 heterocycles. The SMILES string of the molecule is Cc1cc(N)cc(C(=O)NCCNS(C)(=O)=O)c1F. The number of carbonyl (C=O) groups excluding carboxylic acids is 1. The summed E-state index contributed by atoms with van der Waals surface area (Å²) in [5.74, 6) is -1.27. The molecule has 0 saturated carbocycles. The number of nitrogens with two attached hydrogens (primary N) is 1. The highest BCUT2D eigenvalue weighted by molar-refractivity contribution is 7.88. The fourth-order valence-corrected chi connectivity index (χ4v) is 1.94. The number of anilines is 1. The minimum atomic E-state index is -3.30. The average Bonchev–Trinajstić information content (AvgIpc) is 2.27. The Morgan fingerprint density at radius 3 is 2.58 bits per heavy atom. The van der Waals surface area contributed by atoms with Gasteiger partial charge in [0.05, 0.1) is 11.8 Å². The number of benzene rings is 1. The Balaban J connectivity index is 2.64. The van der Waals surface area contributed by atoms with Crippen LogP contribution in [-0.2, 0) is 10.0 Å². The minimum absolute atomic E-state index is 0.0352. The Morgan fingerprint density at radius 1 is 1.37 bits per heavy atom. The Labute approximate surface area is 111 Å². The summed E-state index contributed by atoms with van der Waals surface area (Å²) in [7, 11) is -3.30. The summed E-state index contributed by atoms with van der Waals surface area (Å²) in [4.78, 5) is 11.7. The lowest BCUT2D eigenvalue weighted by Gasteiger charge is -2.09. The molecule has 0 aromatic heterocycles. The van der Waals surface area contributed by atoms with E-state index in [0.29, 0.717) is 5.69 Å². The number of hydrogen-bond acceptors (Lipinski definition) is 4. The number of aryl methyl sites for hydroxylation is 1. The van der Waals surface area contributed by atoms with Crippen molar-refractivity contribution in [2.45, 2.75) is 6.92 Å². The molecule has 8 heteroatoms. The number of halogens is 1. The first-order valence-electron chi connectivity index (χ1n) is 5.49. The van der Waals surface area contributed by atoms with Crippen LogP contribution in [-0.4, -0.2) is 33.7 Å². The van der Waals surface area contributed by atoms with Gasteiger partial charge in [-0.25, -0.2) is 17.5 Å². The van der Waals surface area contributed by atoms with E-state index in [1.165, 1.54) is 19.1 Å². The van der Waals surface area contributed by atoms with Crippen LogP contribution in [0.1, 0.15) is 15.9 Å². The van der Waals surface area contributed by atoms with Crippen molar-refractivity contribution in [3.8, 4) is 0 Å². The van der Waals surface area contributed by atoms with E-state index in [4.69, 9.17) is 5.73 Å². The largest absolute Gasteiger partial charge is 0.399 e. The van der Waals surface area contributed by atoms with Gasteiger partial charge in [0, 0.05) is 18.8 Å². The van der Waals surface area contributed by atoms with Crippen LogP contribution in [0.25, 0.3) is 0 Å². The van der Waals surface area contributed by atoms with Crippen molar-refractivity contribution < 1.29 is 17.6 Å². The fourth-order valence-electron chi connectivity index (χ4n) is 1.47. The van der Waals surface area contributed by atoms with Crippen LogP contribution in [0.2, 0.25) is 0 Å². The smallest absolute Gasteiger partial charge is 0.254 e. The van der Waals surface area contributed by atoms with E-state index in [1.54, 1.807) is 0 Å². The number of nitrogens with one attached hydrogen (secondary N) is 2. The summed E-state index contributed by atoms with van der Waals surface area (Å²) in [5.41, 5.74) is 5.95. The van der Waals surface area contributed by atoms with Gasteiger partial charge in [-0.05, 0) is 24.6 Å². The van der Waals surface area contributed by atoms with Crippen LogP contribution in [0, 0.1) is 12.7 Å². The maximum absolute atomic E-state index is 13.7. The summed E-state index contributed by atoms with van der Waals surface area (Å²) >= 11 is 0. The van der Waals surface area contributed by atoms with E-state index < -0.39 is 21.7 Å². The molecule has 106 valence electrons. The molecule has 0 saturated heterocycles. The topological polar surface area (TPSA) is 101 Å². The normalized spacial score (nSPS) is 11.3. The van der Waals surface area contributed by atoms with Crippen LogP contribution in [0.5, 0.6) is 0 Å². The van der Waals surface area contributed by atoms with Gasteiger partial charge < -0.3 is 11.1 Å². The molecule has 19 heavy (non-hydrogen) atoms. The van der Waals surface area contributed by atoms with E-state index in [-0.39, 0.29) is 24.2 Å². The van der Waals surface area contributed by atoms with Gasteiger partial charge in [-0.3, -0.25) is 4.79 Å². The molecule has 6 nitrogen and oxygen atoms in total. The zero-order valence-electron chi connectivity index (χ0n) is 10.7. The third kappa shape index (κ3) is 4.84. The maximum atomic E-state index is 13.7. The van der Waals surface area contributed by atoms with Crippen LogP contribution < -0.4 is 15.8 Å². The summed E-state index contributed by atoms with van der Waals surface area (Å²) in [6.07, 6.45) is 1.01. The first-order chi connectivity index (χ1) is 8.70. The molecule has 0 spiro atoms. The molecule has 0 radical (unpaired) electrons. The summed E-state index contributed by atoms with van der Waals surface area (Å²) in [5, 5.41) is 2.41. The molecule has 4 N–H and O–H groups in total. The molecule has 0 aliphatic rings. The Kier molecular flexibility index (Phi) is 4.84. The molecule has 0 unspecified atom stereocenters. The molecule has 1 rings (SSSR count). The van der Waals surface area contributed by atoms with Crippen molar-refractivity contribution in [2.24, 2.45) is 0 Å². The third-order valence-electron chi connectivity index (χ3n) is 2.30. The van der Waals surface area contributed by atoms with Crippen molar-refractivity contribution in [1.29, 1.82) is 0 Å². The molecule has 0 bridgehead atoms. The molecule has 1 aromatic carbocycles. The lowest BCUT2D eigenvalue weighted by molar-refractivity contribution is 0.0950.